The van der Waals surface area contributed by atoms with Crippen LogP contribution in [0.25, 0.3) is 6.08 Å². The summed E-state index contributed by atoms with van der Waals surface area (Å²) in [5.41, 5.74) is 1.34. The second kappa shape index (κ2) is 11.2. The quantitative estimate of drug-likeness (QED) is 0.375. The minimum atomic E-state index is -0.519. The van der Waals surface area contributed by atoms with Gasteiger partial charge in [-0.05, 0) is 66.7 Å². The van der Waals surface area contributed by atoms with Crippen molar-refractivity contribution in [3.63, 3.8) is 0 Å². The van der Waals surface area contributed by atoms with Crippen LogP contribution in [0.2, 0.25) is 0 Å². The Morgan fingerprint density at radius 2 is 1.76 bits per heavy atom. The van der Waals surface area contributed by atoms with E-state index in [4.69, 9.17) is 24.4 Å². The van der Waals surface area contributed by atoms with Gasteiger partial charge in [0.2, 0.25) is 16.8 Å². The summed E-state index contributed by atoms with van der Waals surface area (Å²) >= 11 is 1.25. The number of hydrogen-bond donors (Lipinski definition) is 2. The lowest BCUT2D eigenvalue weighted by Gasteiger charge is -2.20. The number of benzene rings is 2. The molecule has 0 aliphatic carbocycles. The lowest BCUT2D eigenvalue weighted by molar-refractivity contribution is -0.115. The largest absolute Gasteiger partial charge is 0.493 e. The molecule has 0 atom stereocenters. The molecule has 2 aromatic carbocycles. The topological polar surface area (TPSA) is 135 Å². The Kier molecular flexibility index (Phi) is 7.77. The van der Waals surface area contributed by atoms with E-state index in [1.165, 1.54) is 37.9 Å². The number of rotatable bonds is 9. The summed E-state index contributed by atoms with van der Waals surface area (Å²) in [5.74, 6) is 1.05. The maximum absolute atomic E-state index is 12.6. The highest BCUT2D eigenvalue weighted by Crippen LogP contribution is 2.39. The van der Waals surface area contributed by atoms with Crippen molar-refractivity contribution in [2.24, 2.45) is 10.1 Å². The van der Waals surface area contributed by atoms with Gasteiger partial charge in [0.25, 0.3) is 5.91 Å². The average molecular weight is 524 g/mol. The minimum Gasteiger partial charge on any atom is -0.493 e. The Bertz CT molecular complexity index is 1310. The summed E-state index contributed by atoms with van der Waals surface area (Å²) in [4.78, 5) is 27.8. The van der Waals surface area contributed by atoms with Crippen LogP contribution in [-0.2, 0) is 9.59 Å². The van der Waals surface area contributed by atoms with Crippen molar-refractivity contribution in [1.29, 1.82) is 5.41 Å². The Hall–Kier alpha value is -4.32. The van der Waals surface area contributed by atoms with Crippen LogP contribution >= 0.6 is 11.8 Å². The summed E-state index contributed by atoms with van der Waals surface area (Å²) in [6.45, 7) is 3.68. The number of methoxy groups -OCH3 is 2. The van der Waals surface area contributed by atoms with Gasteiger partial charge in [-0.25, -0.2) is 0 Å². The highest BCUT2D eigenvalue weighted by atomic mass is 32.2. The predicted octanol–water partition coefficient (Wildman–Crippen LogP) is 3.76. The lowest BCUT2D eigenvalue weighted by Crippen LogP contribution is -2.35. The molecule has 0 bridgehead atoms. The highest BCUT2D eigenvalue weighted by Gasteiger charge is 2.34. The van der Waals surface area contributed by atoms with Gasteiger partial charge in [-0.1, -0.05) is 0 Å². The molecule has 0 saturated heterocycles. The first-order chi connectivity index (χ1) is 17.8. The fourth-order valence-electron chi connectivity index (χ4n) is 3.52. The molecule has 11 nitrogen and oxygen atoms in total. The van der Waals surface area contributed by atoms with Gasteiger partial charge >= 0.3 is 0 Å². The highest BCUT2D eigenvalue weighted by molar-refractivity contribution is 8.26. The van der Waals surface area contributed by atoms with E-state index in [2.05, 4.69) is 15.4 Å². The summed E-state index contributed by atoms with van der Waals surface area (Å²) < 4.78 is 22.6. The summed E-state index contributed by atoms with van der Waals surface area (Å²) in [7, 11) is 2.99. The number of ether oxygens (including phenoxy) is 4. The SMILES string of the molecule is COc1cc(/C=C2/C(=N)N3N=C(C)SC3=NC2=O)cc(OC)c1OCCOc1ccc(NC(C)=O)cc1. The molecule has 2 amide bonds. The number of amides is 2. The van der Waals surface area contributed by atoms with Gasteiger partial charge < -0.3 is 24.3 Å². The van der Waals surface area contributed by atoms with E-state index in [9.17, 15) is 9.59 Å². The van der Waals surface area contributed by atoms with Gasteiger partial charge in [-0.3, -0.25) is 15.0 Å². The number of thioether (sulfide) groups is 1. The zero-order valence-electron chi connectivity index (χ0n) is 20.7. The Morgan fingerprint density at radius 1 is 1.11 bits per heavy atom. The van der Waals surface area contributed by atoms with Gasteiger partial charge in [-0.2, -0.15) is 15.1 Å². The van der Waals surface area contributed by atoms with E-state index in [0.29, 0.717) is 44.5 Å². The van der Waals surface area contributed by atoms with Crippen molar-refractivity contribution in [3.05, 3.63) is 47.5 Å². The van der Waals surface area contributed by atoms with Gasteiger partial charge in [-0.15, -0.1) is 0 Å². The van der Waals surface area contributed by atoms with E-state index in [1.54, 1.807) is 49.4 Å². The molecule has 2 aliphatic rings. The minimum absolute atomic E-state index is 0.0557. The molecule has 0 fully saturated rings. The number of nitrogens with one attached hydrogen (secondary N) is 2. The van der Waals surface area contributed by atoms with E-state index in [-0.39, 0.29) is 30.5 Å². The van der Waals surface area contributed by atoms with Crippen LogP contribution in [0.15, 0.2) is 52.1 Å². The van der Waals surface area contributed by atoms with Gasteiger partial charge in [0.05, 0.1) is 24.8 Å². The molecular formula is C25H25N5O6S. The number of nitrogens with zero attached hydrogens (tertiary/aromatic N) is 3. The van der Waals surface area contributed by atoms with Crippen molar-refractivity contribution < 1.29 is 28.5 Å². The fourth-order valence-corrected chi connectivity index (χ4v) is 4.26. The van der Waals surface area contributed by atoms with E-state index < -0.39 is 5.91 Å². The Morgan fingerprint density at radius 3 is 2.38 bits per heavy atom. The number of aliphatic imine (C=N–C) groups is 1. The van der Waals surface area contributed by atoms with Crippen molar-refractivity contribution >= 4 is 51.4 Å². The number of amidine groups is 2. The number of anilines is 1. The number of fused-ring (bicyclic) bond motifs is 1. The third-order valence-corrected chi connectivity index (χ3v) is 5.95. The van der Waals surface area contributed by atoms with Crippen LogP contribution in [-0.4, -0.2) is 60.3 Å². The van der Waals surface area contributed by atoms with Crippen molar-refractivity contribution in [2.75, 3.05) is 32.8 Å². The van der Waals surface area contributed by atoms with Crippen LogP contribution in [0.3, 0.4) is 0 Å². The number of hydrogen-bond acceptors (Lipinski definition) is 9. The standard InChI is InChI=1S/C25H25N5O6S/c1-14(31)27-17-5-7-18(8-6-17)35-9-10-36-22-20(33-3)12-16(13-21(22)34-4)11-19-23(26)30-25(28-24(19)32)37-15(2)29-30/h5-8,11-13,26H,9-10H2,1-4H3,(H,27,31)/b19-11-,26-23?. The average Bonchev–Trinajstić information content (AvgIpc) is 3.25. The predicted molar refractivity (Wildman–Crippen MR) is 142 cm³/mol. The molecule has 0 spiro atoms. The van der Waals surface area contributed by atoms with Crippen molar-refractivity contribution in [3.8, 4) is 23.0 Å². The van der Waals surface area contributed by atoms with E-state index >= 15 is 0 Å². The number of hydrazone groups is 1. The second-order valence-electron chi connectivity index (χ2n) is 7.80. The molecule has 0 aromatic heterocycles. The van der Waals surface area contributed by atoms with Gasteiger partial charge in [0.1, 0.15) is 19.0 Å². The van der Waals surface area contributed by atoms with Crippen LogP contribution < -0.4 is 24.3 Å². The van der Waals surface area contributed by atoms with Crippen LogP contribution in [0, 0.1) is 5.41 Å². The number of carbonyl (C=O) groups is 2. The summed E-state index contributed by atoms with van der Waals surface area (Å²) in [6.07, 6.45) is 1.54. The summed E-state index contributed by atoms with van der Waals surface area (Å²) in [5, 5.41) is 17.8. The molecule has 0 unspecified atom stereocenters. The molecule has 37 heavy (non-hydrogen) atoms. The third kappa shape index (κ3) is 5.92. The molecule has 2 heterocycles. The molecule has 0 saturated carbocycles. The molecule has 0 radical (unpaired) electrons. The van der Waals surface area contributed by atoms with Crippen LogP contribution in [0.4, 0.5) is 5.69 Å². The maximum Gasteiger partial charge on any atom is 0.283 e. The fraction of sp³-hybridized carbons (Fsp3) is 0.240. The maximum atomic E-state index is 12.6. The summed E-state index contributed by atoms with van der Waals surface area (Å²) in [6, 6.07) is 10.4. The first kappa shape index (κ1) is 25.8. The van der Waals surface area contributed by atoms with Crippen LogP contribution in [0.5, 0.6) is 23.0 Å². The first-order valence-corrected chi connectivity index (χ1v) is 12.0. The molecule has 192 valence electrons. The van der Waals surface area contributed by atoms with Gasteiger partial charge in [0.15, 0.2) is 17.3 Å². The second-order valence-corrected chi connectivity index (χ2v) is 8.96. The normalized spacial score (nSPS) is 15.7. The molecule has 12 heteroatoms. The smallest absolute Gasteiger partial charge is 0.283 e. The van der Waals surface area contributed by atoms with Crippen LogP contribution in [0.1, 0.15) is 19.4 Å². The molecule has 2 N–H and O–H groups in total. The monoisotopic (exact) mass is 523 g/mol. The zero-order chi connectivity index (χ0) is 26.5. The lowest BCUT2D eigenvalue weighted by atomic mass is 10.1. The Labute approximate surface area is 217 Å². The van der Waals surface area contributed by atoms with Crippen molar-refractivity contribution in [2.45, 2.75) is 13.8 Å². The third-order valence-electron chi connectivity index (χ3n) is 5.12. The first-order valence-electron chi connectivity index (χ1n) is 11.1. The zero-order valence-corrected chi connectivity index (χ0v) is 21.5. The molecular weight excluding hydrogens is 498 g/mol. The van der Waals surface area contributed by atoms with E-state index in [1.807, 2.05) is 0 Å². The molecule has 4 rings (SSSR count). The van der Waals surface area contributed by atoms with Gasteiger partial charge in [0, 0.05) is 12.6 Å². The van der Waals surface area contributed by atoms with E-state index in [0.717, 1.165) is 0 Å². The number of carbonyl (C=O) groups excluding carboxylic acids is 2. The Balaban J connectivity index is 1.46. The molecule has 2 aliphatic heterocycles. The molecule has 2 aromatic rings. The van der Waals surface area contributed by atoms with Crippen molar-refractivity contribution in [1.82, 2.24) is 5.01 Å².